The van der Waals surface area contributed by atoms with E-state index in [0.29, 0.717) is 13.1 Å². The van der Waals surface area contributed by atoms with Gasteiger partial charge in [-0.1, -0.05) is 52.4 Å². The van der Waals surface area contributed by atoms with Crippen LogP contribution in [-0.2, 0) is 10.0 Å². The first-order valence-electron chi connectivity index (χ1n) is 9.41. The zero-order valence-corrected chi connectivity index (χ0v) is 17.5. The van der Waals surface area contributed by atoms with Crippen molar-refractivity contribution in [3.63, 3.8) is 0 Å². The fourth-order valence-electron chi connectivity index (χ4n) is 2.78. The predicted molar refractivity (Wildman–Crippen MR) is 108 cm³/mol. The van der Waals surface area contributed by atoms with Gasteiger partial charge in [-0.05, 0) is 31.0 Å². The molecule has 0 aliphatic carbocycles. The summed E-state index contributed by atoms with van der Waals surface area (Å²) in [5.74, 6) is -1.12. The molecule has 0 spiro atoms. The Morgan fingerprint density at radius 1 is 1.00 bits per heavy atom. The van der Waals surface area contributed by atoms with E-state index in [9.17, 15) is 13.2 Å². The van der Waals surface area contributed by atoms with Gasteiger partial charge >= 0.3 is 5.97 Å². The smallest absolute Gasteiger partial charge is 0.336 e. The molecule has 0 aromatic heterocycles. The molecule has 1 N–H and O–H groups in total. The number of carboxylic acids is 1. The van der Waals surface area contributed by atoms with Crippen LogP contribution in [0.1, 0.15) is 75.6 Å². The fourth-order valence-corrected chi connectivity index (χ4v) is 4.72. The summed E-state index contributed by atoms with van der Waals surface area (Å²) in [4.78, 5) is 11.4. The Hall–Kier alpha value is -1.05. The van der Waals surface area contributed by atoms with E-state index in [-0.39, 0.29) is 15.4 Å². The summed E-state index contributed by atoms with van der Waals surface area (Å²) >= 11 is 4.14. The number of hydrogen-bond acceptors (Lipinski definition) is 4. The second kappa shape index (κ2) is 11.6. The maximum Gasteiger partial charge on any atom is 0.336 e. The second-order valence-corrected chi connectivity index (χ2v) is 8.93. The van der Waals surface area contributed by atoms with Crippen molar-refractivity contribution in [1.29, 1.82) is 0 Å². The topological polar surface area (TPSA) is 74.7 Å². The highest BCUT2D eigenvalue weighted by Crippen LogP contribution is 2.23. The molecule has 26 heavy (non-hydrogen) atoms. The standard InChI is InChI=1S/C19H31NO4S2/c1-3-5-7-9-13-20(14-10-8-6-4-2)26(23,24)16-11-12-17(19(21)22)18(25)15-16/h11-12,15,25H,3-10,13-14H2,1-2H3,(H,21,22). The van der Waals surface area contributed by atoms with Crippen molar-refractivity contribution in [2.45, 2.75) is 75.0 Å². The van der Waals surface area contributed by atoms with E-state index in [1.165, 1.54) is 18.2 Å². The van der Waals surface area contributed by atoms with Crippen molar-refractivity contribution in [2.75, 3.05) is 13.1 Å². The Labute approximate surface area is 163 Å². The van der Waals surface area contributed by atoms with Gasteiger partial charge < -0.3 is 5.11 Å². The molecular formula is C19H31NO4S2. The van der Waals surface area contributed by atoms with Crippen LogP contribution in [0.2, 0.25) is 0 Å². The third-order valence-corrected chi connectivity index (χ3v) is 6.62. The molecule has 0 aliphatic heterocycles. The van der Waals surface area contributed by atoms with Gasteiger partial charge in [-0.3, -0.25) is 0 Å². The van der Waals surface area contributed by atoms with Crippen LogP contribution >= 0.6 is 12.6 Å². The molecule has 5 nitrogen and oxygen atoms in total. The predicted octanol–water partition coefficient (Wildman–Crippen LogP) is 4.82. The minimum Gasteiger partial charge on any atom is -0.478 e. The molecule has 0 radical (unpaired) electrons. The first kappa shape index (κ1) is 23.0. The number of unbranched alkanes of at least 4 members (excludes halogenated alkanes) is 6. The van der Waals surface area contributed by atoms with Gasteiger partial charge in [0.15, 0.2) is 0 Å². The van der Waals surface area contributed by atoms with Crippen molar-refractivity contribution in [3.05, 3.63) is 23.8 Å². The van der Waals surface area contributed by atoms with Gasteiger partial charge in [-0.15, -0.1) is 12.6 Å². The summed E-state index contributed by atoms with van der Waals surface area (Å²) in [5, 5.41) is 9.09. The van der Waals surface area contributed by atoms with Crippen molar-refractivity contribution in [3.8, 4) is 0 Å². The van der Waals surface area contributed by atoms with Crippen molar-refractivity contribution >= 4 is 28.6 Å². The molecule has 0 fully saturated rings. The third-order valence-electron chi connectivity index (χ3n) is 4.36. The molecule has 0 unspecified atom stereocenters. The van der Waals surface area contributed by atoms with E-state index in [0.717, 1.165) is 51.4 Å². The van der Waals surface area contributed by atoms with Crippen LogP contribution in [0.4, 0.5) is 0 Å². The summed E-state index contributed by atoms with van der Waals surface area (Å²) in [6.07, 6.45) is 8.07. The first-order valence-corrected chi connectivity index (χ1v) is 11.3. The fraction of sp³-hybridized carbons (Fsp3) is 0.632. The molecule has 0 bridgehead atoms. The molecule has 0 heterocycles. The van der Waals surface area contributed by atoms with Gasteiger partial charge in [0, 0.05) is 18.0 Å². The maximum atomic E-state index is 13.0. The molecule has 148 valence electrons. The van der Waals surface area contributed by atoms with Gasteiger partial charge in [0.25, 0.3) is 0 Å². The normalized spacial score (nSPS) is 11.8. The second-order valence-electron chi connectivity index (χ2n) is 6.51. The summed E-state index contributed by atoms with van der Waals surface area (Å²) in [7, 11) is -3.65. The molecule has 7 heteroatoms. The van der Waals surface area contributed by atoms with E-state index in [4.69, 9.17) is 5.11 Å². The van der Waals surface area contributed by atoms with Crippen LogP contribution < -0.4 is 0 Å². The quantitative estimate of drug-likeness (QED) is 0.367. The van der Waals surface area contributed by atoms with E-state index in [1.807, 2.05) is 0 Å². The highest BCUT2D eigenvalue weighted by Gasteiger charge is 2.25. The highest BCUT2D eigenvalue weighted by molar-refractivity contribution is 7.89. The minimum atomic E-state index is -3.65. The SMILES string of the molecule is CCCCCCN(CCCCCC)S(=O)(=O)c1ccc(C(=O)O)c(S)c1. The molecule has 0 saturated heterocycles. The summed E-state index contributed by atoms with van der Waals surface area (Å²) in [6, 6.07) is 4.01. The Morgan fingerprint density at radius 3 is 1.96 bits per heavy atom. The van der Waals surface area contributed by atoms with Crippen LogP contribution in [0.5, 0.6) is 0 Å². The minimum absolute atomic E-state index is 0.00437. The lowest BCUT2D eigenvalue weighted by molar-refractivity contribution is 0.0693. The number of sulfonamides is 1. The zero-order chi connectivity index (χ0) is 19.6. The van der Waals surface area contributed by atoms with Gasteiger partial charge in [0.2, 0.25) is 10.0 Å². The Morgan fingerprint density at radius 2 is 1.54 bits per heavy atom. The Kier molecular flexibility index (Phi) is 10.3. The van der Waals surface area contributed by atoms with E-state index >= 15 is 0 Å². The molecule has 0 aliphatic rings. The van der Waals surface area contributed by atoms with Crippen LogP contribution in [0.3, 0.4) is 0 Å². The average molecular weight is 402 g/mol. The van der Waals surface area contributed by atoms with Gasteiger partial charge in [0.05, 0.1) is 10.5 Å². The molecular weight excluding hydrogens is 370 g/mol. The monoisotopic (exact) mass is 401 g/mol. The van der Waals surface area contributed by atoms with Crippen LogP contribution in [-0.4, -0.2) is 36.9 Å². The first-order chi connectivity index (χ1) is 12.3. The van der Waals surface area contributed by atoms with Crippen molar-refractivity contribution in [1.82, 2.24) is 4.31 Å². The van der Waals surface area contributed by atoms with Crippen LogP contribution in [0.25, 0.3) is 0 Å². The highest BCUT2D eigenvalue weighted by atomic mass is 32.2. The van der Waals surface area contributed by atoms with Crippen LogP contribution in [0.15, 0.2) is 28.0 Å². The number of hydrogen-bond donors (Lipinski definition) is 2. The molecule has 0 amide bonds. The number of rotatable bonds is 13. The number of benzene rings is 1. The van der Waals surface area contributed by atoms with E-state index in [1.54, 1.807) is 4.31 Å². The number of nitrogens with zero attached hydrogens (tertiary/aromatic N) is 1. The van der Waals surface area contributed by atoms with Crippen molar-refractivity contribution in [2.24, 2.45) is 0 Å². The zero-order valence-electron chi connectivity index (χ0n) is 15.8. The summed E-state index contributed by atoms with van der Waals surface area (Å²) < 4.78 is 27.6. The Balaban J connectivity index is 2.96. The van der Waals surface area contributed by atoms with Gasteiger partial charge in [-0.25, -0.2) is 13.2 Å². The van der Waals surface area contributed by atoms with Gasteiger partial charge in [-0.2, -0.15) is 4.31 Å². The third kappa shape index (κ3) is 6.93. The maximum absolute atomic E-state index is 13.0. The lowest BCUT2D eigenvalue weighted by Gasteiger charge is -2.22. The molecule has 0 atom stereocenters. The number of aromatic carboxylic acids is 1. The van der Waals surface area contributed by atoms with E-state index in [2.05, 4.69) is 26.5 Å². The van der Waals surface area contributed by atoms with E-state index < -0.39 is 16.0 Å². The number of carbonyl (C=O) groups is 1. The molecule has 0 saturated carbocycles. The largest absolute Gasteiger partial charge is 0.478 e. The van der Waals surface area contributed by atoms with Gasteiger partial charge in [0.1, 0.15) is 0 Å². The molecule has 1 aromatic carbocycles. The number of carboxylic acid groups (broad SMARTS) is 1. The van der Waals surface area contributed by atoms with Crippen molar-refractivity contribution < 1.29 is 18.3 Å². The summed E-state index contributed by atoms with van der Waals surface area (Å²) in [6.45, 7) is 5.24. The average Bonchev–Trinajstić information content (AvgIpc) is 2.59. The molecule has 1 aromatic rings. The lowest BCUT2D eigenvalue weighted by Crippen LogP contribution is -2.33. The lowest BCUT2D eigenvalue weighted by atomic mass is 10.2. The molecule has 1 rings (SSSR count). The Bertz CT molecular complexity index is 662. The number of thiol groups is 1. The summed E-state index contributed by atoms with van der Waals surface area (Å²) in [5.41, 5.74) is 0.00437. The van der Waals surface area contributed by atoms with Crippen LogP contribution in [0, 0.1) is 0 Å².